The SMILES string of the molecule is CCCCN(C)C(=S)Nc1cc(S(=O)(=O)N2CCOCC2)ccc1Cl. The molecule has 2 rings (SSSR count). The minimum atomic E-state index is -3.57. The molecule has 1 aromatic rings. The highest BCUT2D eigenvalue weighted by Gasteiger charge is 2.27. The standard InChI is InChI=1S/C16H24ClN3O3S2/c1-3-4-7-19(2)16(24)18-15-12-13(5-6-14(15)17)25(21,22)20-8-10-23-11-9-20/h5-6,12H,3-4,7-11H2,1-2H3,(H,18,24). The summed E-state index contributed by atoms with van der Waals surface area (Å²) in [6.07, 6.45) is 2.10. The number of anilines is 1. The van der Waals surface area contributed by atoms with Crippen molar-refractivity contribution < 1.29 is 13.2 Å². The number of morpholine rings is 1. The maximum atomic E-state index is 12.8. The Morgan fingerprint density at radius 3 is 2.72 bits per heavy atom. The third-order valence-electron chi connectivity index (χ3n) is 3.98. The Hall–Kier alpha value is -0.930. The quantitative estimate of drug-likeness (QED) is 0.734. The molecule has 0 atom stereocenters. The van der Waals surface area contributed by atoms with Crippen LogP contribution >= 0.6 is 23.8 Å². The molecule has 1 saturated heterocycles. The first-order valence-corrected chi connectivity index (χ1v) is 10.5. The minimum absolute atomic E-state index is 0.195. The topological polar surface area (TPSA) is 61.9 Å². The molecule has 1 N–H and O–H groups in total. The summed E-state index contributed by atoms with van der Waals surface area (Å²) in [7, 11) is -1.68. The molecule has 140 valence electrons. The van der Waals surface area contributed by atoms with Crippen molar-refractivity contribution in [1.29, 1.82) is 0 Å². The van der Waals surface area contributed by atoms with E-state index in [2.05, 4.69) is 12.2 Å². The van der Waals surface area contributed by atoms with E-state index in [0.29, 0.717) is 42.1 Å². The third kappa shape index (κ3) is 5.27. The molecule has 0 bridgehead atoms. The molecule has 0 aromatic heterocycles. The van der Waals surface area contributed by atoms with Crippen LogP contribution in [-0.2, 0) is 14.8 Å². The van der Waals surface area contributed by atoms with Crippen molar-refractivity contribution in [3.63, 3.8) is 0 Å². The van der Waals surface area contributed by atoms with E-state index in [-0.39, 0.29) is 4.90 Å². The lowest BCUT2D eigenvalue weighted by Gasteiger charge is -2.26. The predicted octanol–water partition coefficient (Wildman–Crippen LogP) is 2.79. The molecule has 0 aliphatic carbocycles. The Bertz CT molecular complexity index is 707. The summed E-state index contributed by atoms with van der Waals surface area (Å²) < 4.78 is 32.2. The largest absolute Gasteiger partial charge is 0.379 e. The molecule has 0 unspecified atom stereocenters. The van der Waals surface area contributed by atoms with Crippen LogP contribution in [0.5, 0.6) is 0 Å². The van der Waals surface area contributed by atoms with Crippen LogP contribution in [0.15, 0.2) is 23.1 Å². The van der Waals surface area contributed by atoms with Gasteiger partial charge in [-0.25, -0.2) is 8.42 Å². The van der Waals surface area contributed by atoms with Crippen LogP contribution in [-0.4, -0.2) is 62.6 Å². The molecule has 0 saturated carbocycles. The van der Waals surface area contributed by atoms with Crippen molar-refractivity contribution >= 4 is 44.6 Å². The number of sulfonamides is 1. The van der Waals surface area contributed by atoms with Crippen molar-refractivity contribution in [2.45, 2.75) is 24.7 Å². The Kier molecular flexibility index (Phi) is 7.45. The lowest BCUT2D eigenvalue weighted by atomic mass is 10.3. The van der Waals surface area contributed by atoms with Crippen molar-refractivity contribution in [3.05, 3.63) is 23.2 Å². The zero-order valence-corrected chi connectivity index (χ0v) is 16.9. The lowest BCUT2D eigenvalue weighted by Crippen LogP contribution is -2.40. The van der Waals surface area contributed by atoms with Gasteiger partial charge in [0.1, 0.15) is 0 Å². The fourth-order valence-corrected chi connectivity index (χ4v) is 4.20. The van der Waals surface area contributed by atoms with E-state index >= 15 is 0 Å². The third-order valence-corrected chi connectivity index (χ3v) is 6.62. The van der Waals surface area contributed by atoms with Crippen LogP contribution in [0.2, 0.25) is 5.02 Å². The van der Waals surface area contributed by atoms with E-state index in [1.807, 2.05) is 11.9 Å². The van der Waals surface area contributed by atoms with E-state index < -0.39 is 10.0 Å². The molecular formula is C16H24ClN3O3S2. The zero-order chi connectivity index (χ0) is 18.4. The Morgan fingerprint density at radius 2 is 2.08 bits per heavy atom. The van der Waals surface area contributed by atoms with E-state index in [4.69, 9.17) is 28.6 Å². The summed E-state index contributed by atoms with van der Waals surface area (Å²) in [6.45, 7) is 4.46. The fraction of sp³-hybridized carbons (Fsp3) is 0.562. The number of halogens is 1. The van der Waals surface area contributed by atoms with E-state index in [1.165, 1.54) is 16.4 Å². The Labute approximate surface area is 160 Å². The van der Waals surface area contributed by atoms with Gasteiger partial charge in [0, 0.05) is 26.7 Å². The van der Waals surface area contributed by atoms with Crippen LogP contribution in [0.25, 0.3) is 0 Å². The molecule has 0 amide bonds. The average Bonchev–Trinajstić information content (AvgIpc) is 2.62. The summed E-state index contributed by atoms with van der Waals surface area (Å²) in [5.74, 6) is 0. The lowest BCUT2D eigenvalue weighted by molar-refractivity contribution is 0.0730. The number of unbranched alkanes of at least 4 members (excludes halogenated alkanes) is 1. The monoisotopic (exact) mass is 405 g/mol. The van der Waals surface area contributed by atoms with Gasteiger partial charge in [-0.2, -0.15) is 4.31 Å². The van der Waals surface area contributed by atoms with Gasteiger partial charge in [-0.1, -0.05) is 24.9 Å². The van der Waals surface area contributed by atoms with Crippen molar-refractivity contribution in [2.24, 2.45) is 0 Å². The summed E-state index contributed by atoms with van der Waals surface area (Å²) in [6, 6.07) is 4.63. The van der Waals surface area contributed by atoms with Gasteiger partial charge in [0.05, 0.1) is 28.8 Å². The molecule has 1 fully saturated rings. The van der Waals surface area contributed by atoms with E-state index in [1.54, 1.807) is 6.07 Å². The van der Waals surface area contributed by atoms with E-state index in [9.17, 15) is 8.42 Å². The maximum absolute atomic E-state index is 12.8. The number of benzene rings is 1. The van der Waals surface area contributed by atoms with Gasteiger partial charge in [-0.05, 0) is 36.8 Å². The molecule has 25 heavy (non-hydrogen) atoms. The van der Waals surface area contributed by atoms with Crippen LogP contribution < -0.4 is 5.32 Å². The summed E-state index contributed by atoms with van der Waals surface area (Å²) >= 11 is 11.6. The van der Waals surface area contributed by atoms with Gasteiger partial charge in [0.2, 0.25) is 10.0 Å². The number of thiocarbonyl (C=S) groups is 1. The zero-order valence-electron chi connectivity index (χ0n) is 14.5. The number of nitrogens with one attached hydrogen (secondary N) is 1. The number of rotatable bonds is 6. The second-order valence-corrected chi connectivity index (χ2v) is 8.60. The minimum Gasteiger partial charge on any atom is -0.379 e. The molecule has 1 aliphatic heterocycles. The average molecular weight is 406 g/mol. The molecule has 0 radical (unpaired) electrons. The Morgan fingerprint density at radius 1 is 1.40 bits per heavy atom. The van der Waals surface area contributed by atoms with Gasteiger partial charge >= 0.3 is 0 Å². The molecule has 1 aromatic carbocycles. The van der Waals surface area contributed by atoms with Gasteiger partial charge in [0.25, 0.3) is 0 Å². The summed E-state index contributed by atoms with van der Waals surface area (Å²) in [5.41, 5.74) is 0.490. The number of nitrogens with zero attached hydrogens (tertiary/aromatic N) is 2. The first kappa shape index (κ1) is 20.4. The second-order valence-electron chi connectivity index (χ2n) is 5.86. The highest BCUT2D eigenvalue weighted by atomic mass is 35.5. The van der Waals surface area contributed by atoms with Crippen LogP contribution in [0.4, 0.5) is 5.69 Å². The van der Waals surface area contributed by atoms with Gasteiger partial charge in [-0.3, -0.25) is 0 Å². The van der Waals surface area contributed by atoms with Crippen molar-refractivity contribution in [2.75, 3.05) is 45.2 Å². The summed E-state index contributed by atoms with van der Waals surface area (Å²) in [4.78, 5) is 2.11. The first-order valence-electron chi connectivity index (χ1n) is 8.26. The molecule has 9 heteroatoms. The molecule has 1 aliphatic rings. The van der Waals surface area contributed by atoms with Gasteiger partial charge in [-0.15, -0.1) is 0 Å². The van der Waals surface area contributed by atoms with Crippen molar-refractivity contribution in [3.8, 4) is 0 Å². The van der Waals surface area contributed by atoms with Crippen LogP contribution in [0, 0.1) is 0 Å². The van der Waals surface area contributed by atoms with Crippen LogP contribution in [0.3, 0.4) is 0 Å². The Balaban J connectivity index is 2.18. The first-order chi connectivity index (χ1) is 11.9. The number of hydrogen-bond donors (Lipinski definition) is 1. The summed E-state index contributed by atoms with van der Waals surface area (Å²) in [5, 5.41) is 3.99. The molecular weight excluding hydrogens is 382 g/mol. The number of ether oxygens (including phenoxy) is 1. The molecule has 1 heterocycles. The normalized spacial score (nSPS) is 15.8. The molecule has 0 spiro atoms. The van der Waals surface area contributed by atoms with Crippen molar-refractivity contribution in [1.82, 2.24) is 9.21 Å². The highest BCUT2D eigenvalue weighted by Crippen LogP contribution is 2.27. The predicted molar refractivity (Wildman–Crippen MR) is 105 cm³/mol. The highest BCUT2D eigenvalue weighted by molar-refractivity contribution is 7.89. The second kappa shape index (κ2) is 9.14. The van der Waals surface area contributed by atoms with Gasteiger partial charge in [0.15, 0.2) is 5.11 Å². The van der Waals surface area contributed by atoms with E-state index in [0.717, 1.165) is 19.4 Å². The molecule has 6 nitrogen and oxygen atoms in total. The fourth-order valence-electron chi connectivity index (χ4n) is 2.40. The maximum Gasteiger partial charge on any atom is 0.243 e. The number of hydrogen-bond acceptors (Lipinski definition) is 4. The van der Waals surface area contributed by atoms with Crippen LogP contribution in [0.1, 0.15) is 19.8 Å². The smallest absolute Gasteiger partial charge is 0.243 e. The van der Waals surface area contributed by atoms with Gasteiger partial charge < -0.3 is 15.0 Å².